The zero-order valence-electron chi connectivity index (χ0n) is 9.11. The number of H-pyrrole nitrogens is 1. The van der Waals surface area contributed by atoms with Gasteiger partial charge in [-0.15, -0.1) is 0 Å². The van der Waals surface area contributed by atoms with E-state index >= 15 is 0 Å². The van der Waals surface area contributed by atoms with Crippen LogP contribution in [-0.4, -0.2) is 21.8 Å². The molecule has 2 aromatic heterocycles. The molecule has 88 valence electrons. The number of nitrogens with zero attached hydrogens (tertiary/aromatic N) is 2. The topological polar surface area (TPSA) is 67.9 Å². The van der Waals surface area contributed by atoms with Crippen LogP contribution in [0.3, 0.4) is 0 Å². The van der Waals surface area contributed by atoms with Gasteiger partial charge in [-0.3, -0.25) is 9.78 Å². The Morgan fingerprint density at radius 1 is 1.41 bits per heavy atom. The lowest BCUT2D eigenvalue weighted by molar-refractivity contribution is 0.339. The Hall–Kier alpha value is -1.88. The van der Waals surface area contributed by atoms with Gasteiger partial charge < -0.3 is 4.74 Å². The minimum Gasteiger partial charge on any atom is -0.492 e. The van der Waals surface area contributed by atoms with E-state index in [9.17, 15) is 4.79 Å². The molecule has 0 atom stereocenters. The second-order valence-electron chi connectivity index (χ2n) is 3.28. The molecule has 2 rings (SSSR count). The predicted octanol–water partition coefficient (Wildman–Crippen LogP) is 1.88. The number of hydrogen-bond acceptors (Lipinski definition) is 4. The molecule has 0 radical (unpaired) electrons. The Morgan fingerprint density at radius 3 is 3.00 bits per heavy atom. The molecular weight excluding hydrogens is 242 g/mol. The van der Waals surface area contributed by atoms with E-state index in [-0.39, 0.29) is 10.7 Å². The monoisotopic (exact) mass is 251 g/mol. The minimum atomic E-state index is -0.315. The summed E-state index contributed by atoms with van der Waals surface area (Å²) >= 11 is 5.73. The third-order valence-electron chi connectivity index (χ3n) is 2.11. The average Bonchev–Trinajstić information content (AvgIpc) is 2.33. The van der Waals surface area contributed by atoms with E-state index in [2.05, 4.69) is 15.2 Å². The molecule has 2 heterocycles. The fourth-order valence-corrected chi connectivity index (χ4v) is 1.56. The highest BCUT2D eigenvalue weighted by molar-refractivity contribution is 6.29. The smallest absolute Gasteiger partial charge is 0.272 e. The molecule has 5 nitrogen and oxygen atoms in total. The quantitative estimate of drug-likeness (QED) is 0.904. The fraction of sp³-hybridized carbons (Fsp3) is 0.182. The lowest BCUT2D eigenvalue weighted by Gasteiger charge is -2.04. The molecule has 0 saturated heterocycles. The largest absolute Gasteiger partial charge is 0.492 e. The maximum Gasteiger partial charge on any atom is 0.272 e. The molecule has 0 aliphatic heterocycles. The van der Waals surface area contributed by atoms with Crippen molar-refractivity contribution in [1.82, 2.24) is 15.2 Å². The van der Waals surface area contributed by atoms with Gasteiger partial charge in [0.1, 0.15) is 10.9 Å². The van der Waals surface area contributed by atoms with Crippen LogP contribution in [0.2, 0.25) is 5.15 Å². The van der Waals surface area contributed by atoms with Crippen LogP contribution in [0.5, 0.6) is 5.75 Å². The maximum atomic E-state index is 11.6. The summed E-state index contributed by atoms with van der Waals surface area (Å²) in [5.41, 5.74) is 0.741. The van der Waals surface area contributed by atoms with E-state index in [0.29, 0.717) is 23.5 Å². The summed E-state index contributed by atoms with van der Waals surface area (Å²) in [5.74, 6) is 0.609. The first-order valence-electron chi connectivity index (χ1n) is 5.04. The number of hydrogen-bond donors (Lipinski definition) is 1. The van der Waals surface area contributed by atoms with Crippen molar-refractivity contribution in [3.05, 3.63) is 40.0 Å². The predicted molar refractivity (Wildman–Crippen MR) is 64.3 cm³/mol. The van der Waals surface area contributed by atoms with Gasteiger partial charge in [0.25, 0.3) is 5.56 Å². The molecule has 0 aliphatic rings. The zero-order chi connectivity index (χ0) is 12.3. The van der Waals surface area contributed by atoms with Gasteiger partial charge in [0.05, 0.1) is 18.4 Å². The van der Waals surface area contributed by atoms with Crippen molar-refractivity contribution < 1.29 is 4.74 Å². The summed E-state index contributed by atoms with van der Waals surface area (Å²) in [4.78, 5) is 15.6. The van der Waals surface area contributed by atoms with E-state index in [4.69, 9.17) is 16.3 Å². The van der Waals surface area contributed by atoms with Crippen molar-refractivity contribution >= 4 is 11.6 Å². The van der Waals surface area contributed by atoms with E-state index < -0.39 is 0 Å². The summed E-state index contributed by atoms with van der Waals surface area (Å²) in [7, 11) is 0. The zero-order valence-corrected chi connectivity index (χ0v) is 9.86. The SMILES string of the molecule is CCOc1cncc(-c2cc(Cl)n[nH]c2=O)c1. The molecule has 6 heteroatoms. The Labute approximate surface area is 102 Å². The van der Waals surface area contributed by atoms with Gasteiger partial charge in [-0.25, -0.2) is 5.10 Å². The molecular formula is C11H10ClN3O2. The highest BCUT2D eigenvalue weighted by atomic mass is 35.5. The van der Waals surface area contributed by atoms with E-state index in [1.165, 1.54) is 6.07 Å². The normalized spacial score (nSPS) is 10.2. The molecule has 1 N–H and O–H groups in total. The summed E-state index contributed by atoms with van der Waals surface area (Å²) in [6, 6.07) is 3.23. The van der Waals surface area contributed by atoms with Crippen molar-refractivity contribution in [2.24, 2.45) is 0 Å². The van der Waals surface area contributed by atoms with Gasteiger partial charge in [-0.1, -0.05) is 11.6 Å². The van der Waals surface area contributed by atoms with Crippen LogP contribution in [0.4, 0.5) is 0 Å². The van der Waals surface area contributed by atoms with Crippen LogP contribution in [0.25, 0.3) is 11.1 Å². The molecule has 2 aromatic rings. The van der Waals surface area contributed by atoms with Gasteiger partial charge >= 0.3 is 0 Å². The molecule has 0 aliphatic carbocycles. The van der Waals surface area contributed by atoms with Crippen molar-refractivity contribution in [2.45, 2.75) is 6.92 Å². The van der Waals surface area contributed by atoms with Gasteiger partial charge in [-0.05, 0) is 19.1 Å². The lowest BCUT2D eigenvalue weighted by Crippen LogP contribution is -2.10. The number of rotatable bonds is 3. The number of ether oxygens (including phenoxy) is 1. The molecule has 17 heavy (non-hydrogen) atoms. The van der Waals surface area contributed by atoms with Gasteiger partial charge in [0.15, 0.2) is 0 Å². The third kappa shape index (κ3) is 2.62. The Kier molecular flexibility index (Phi) is 3.39. The second-order valence-corrected chi connectivity index (χ2v) is 3.66. The van der Waals surface area contributed by atoms with Gasteiger partial charge in [0.2, 0.25) is 0 Å². The average molecular weight is 252 g/mol. The Morgan fingerprint density at radius 2 is 2.24 bits per heavy atom. The van der Waals surface area contributed by atoms with Gasteiger partial charge in [-0.2, -0.15) is 5.10 Å². The van der Waals surface area contributed by atoms with E-state index in [1.807, 2.05) is 6.92 Å². The minimum absolute atomic E-state index is 0.224. The highest BCUT2D eigenvalue weighted by Gasteiger charge is 2.06. The number of aromatic nitrogens is 3. The number of halogens is 1. The lowest BCUT2D eigenvalue weighted by atomic mass is 10.1. The highest BCUT2D eigenvalue weighted by Crippen LogP contribution is 2.20. The summed E-state index contributed by atoms with van der Waals surface area (Å²) < 4.78 is 5.31. The first-order chi connectivity index (χ1) is 8.20. The Bertz CT molecular complexity index is 583. The molecule has 0 spiro atoms. The van der Waals surface area contributed by atoms with Crippen LogP contribution in [0.15, 0.2) is 29.3 Å². The first-order valence-corrected chi connectivity index (χ1v) is 5.42. The van der Waals surface area contributed by atoms with Crippen molar-refractivity contribution in [2.75, 3.05) is 6.61 Å². The van der Waals surface area contributed by atoms with Crippen LogP contribution in [0.1, 0.15) is 6.92 Å². The summed E-state index contributed by atoms with van der Waals surface area (Å²) in [6.45, 7) is 2.42. The number of nitrogens with one attached hydrogen (secondary N) is 1. The van der Waals surface area contributed by atoms with Crippen LogP contribution >= 0.6 is 11.6 Å². The summed E-state index contributed by atoms with van der Waals surface area (Å²) in [6.07, 6.45) is 3.16. The standard InChI is InChI=1S/C11H10ClN3O2/c1-2-17-8-3-7(5-13-6-8)9-4-10(12)14-15-11(9)16/h3-6H,2H2,1H3,(H,15,16). The fourth-order valence-electron chi connectivity index (χ4n) is 1.41. The second kappa shape index (κ2) is 4.97. The van der Waals surface area contributed by atoms with Crippen LogP contribution in [-0.2, 0) is 0 Å². The maximum absolute atomic E-state index is 11.6. The van der Waals surface area contributed by atoms with Crippen LogP contribution < -0.4 is 10.3 Å². The molecule has 0 bridgehead atoms. The first kappa shape index (κ1) is 11.6. The molecule has 0 fully saturated rings. The van der Waals surface area contributed by atoms with Crippen molar-refractivity contribution in [3.63, 3.8) is 0 Å². The van der Waals surface area contributed by atoms with Crippen molar-refractivity contribution in [1.29, 1.82) is 0 Å². The third-order valence-corrected chi connectivity index (χ3v) is 2.30. The molecule has 0 aromatic carbocycles. The number of pyridine rings is 1. The molecule has 0 saturated carbocycles. The van der Waals surface area contributed by atoms with E-state index in [0.717, 1.165) is 0 Å². The number of aromatic amines is 1. The summed E-state index contributed by atoms with van der Waals surface area (Å²) in [5, 5.41) is 6.14. The van der Waals surface area contributed by atoms with E-state index in [1.54, 1.807) is 18.5 Å². The van der Waals surface area contributed by atoms with Crippen LogP contribution in [0, 0.1) is 0 Å². The molecule has 0 unspecified atom stereocenters. The van der Waals surface area contributed by atoms with Gasteiger partial charge in [0, 0.05) is 11.8 Å². The Balaban J connectivity index is 2.49. The van der Waals surface area contributed by atoms with Crippen molar-refractivity contribution in [3.8, 4) is 16.9 Å². The molecule has 0 amide bonds.